The quantitative estimate of drug-likeness (QED) is 0.671. The Morgan fingerprint density at radius 2 is 2.15 bits per heavy atom. The van der Waals surface area contributed by atoms with Crippen molar-refractivity contribution in [2.75, 3.05) is 6.61 Å². The van der Waals surface area contributed by atoms with Gasteiger partial charge in [0.2, 0.25) is 0 Å². The SMILES string of the molecule is Oc1cc(F)c2c(c1F)CCCO2. The lowest BCUT2D eigenvalue weighted by Gasteiger charge is -2.18. The van der Waals surface area contributed by atoms with Crippen molar-refractivity contribution >= 4 is 0 Å². The highest BCUT2D eigenvalue weighted by Gasteiger charge is 2.22. The summed E-state index contributed by atoms with van der Waals surface area (Å²) in [4.78, 5) is 0. The summed E-state index contributed by atoms with van der Waals surface area (Å²) in [6, 6.07) is 0.736. The maximum atomic E-state index is 13.2. The number of rotatable bonds is 0. The van der Waals surface area contributed by atoms with Crippen LogP contribution in [0.3, 0.4) is 0 Å². The Morgan fingerprint density at radius 1 is 1.38 bits per heavy atom. The summed E-state index contributed by atoms with van der Waals surface area (Å²) < 4.78 is 31.2. The van der Waals surface area contributed by atoms with Gasteiger partial charge in [0, 0.05) is 11.6 Å². The first-order chi connectivity index (χ1) is 6.20. The zero-order valence-electron chi connectivity index (χ0n) is 6.81. The smallest absolute Gasteiger partial charge is 0.171 e. The van der Waals surface area contributed by atoms with Crippen LogP contribution in [0.4, 0.5) is 8.78 Å². The maximum absolute atomic E-state index is 13.2. The van der Waals surface area contributed by atoms with Crippen LogP contribution in [-0.4, -0.2) is 11.7 Å². The largest absolute Gasteiger partial charge is 0.505 e. The standard InChI is InChI=1S/C9H8F2O2/c10-6-4-7(12)8(11)5-2-1-3-13-9(5)6/h4,12H,1-3H2. The van der Waals surface area contributed by atoms with Crippen LogP contribution in [0.5, 0.6) is 11.5 Å². The minimum atomic E-state index is -0.767. The fourth-order valence-electron chi connectivity index (χ4n) is 1.45. The molecule has 0 fully saturated rings. The van der Waals surface area contributed by atoms with Gasteiger partial charge in [-0.05, 0) is 12.8 Å². The van der Waals surface area contributed by atoms with Gasteiger partial charge in [0.15, 0.2) is 23.1 Å². The predicted octanol–water partition coefficient (Wildman–Crippen LogP) is 2.00. The zero-order chi connectivity index (χ0) is 9.42. The average molecular weight is 186 g/mol. The number of hydrogen-bond donors (Lipinski definition) is 1. The Labute approximate surface area is 73.8 Å². The third-order valence-corrected chi connectivity index (χ3v) is 2.06. The van der Waals surface area contributed by atoms with Gasteiger partial charge in [-0.25, -0.2) is 8.78 Å². The molecule has 0 saturated carbocycles. The Bertz CT molecular complexity index is 350. The molecule has 0 aromatic heterocycles. The molecule has 0 amide bonds. The lowest BCUT2D eigenvalue weighted by Crippen LogP contribution is -2.11. The van der Waals surface area contributed by atoms with Crippen molar-refractivity contribution in [2.45, 2.75) is 12.8 Å². The van der Waals surface area contributed by atoms with Gasteiger partial charge in [-0.15, -0.1) is 0 Å². The molecule has 4 heteroatoms. The van der Waals surface area contributed by atoms with E-state index in [4.69, 9.17) is 9.84 Å². The van der Waals surface area contributed by atoms with Crippen molar-refractivity contribution < 1.29 is 18.6 Å². The van der Waals surface area contributed by atoms with Crippen molar-refractivity contribution in [3.8, 4) is 11.5 Å². The van der Waals surface area contributed by atoms with Gasteiger partial charge in [-0.1, -0.05) is 0 Å². The summed E-state index contributed by atoms with van der Waals surface area (Å²) in [6.07, 6.45) is 1.05. The first-order valence-corrected chi connectivity index (χ1v) is 4.03. The van der Waals surface area contributed by atoms with E-state index in [0.717, 1.165) is 6.07 Å². The van der Waals surface area contributed by atoms with Crippen LogP contribution in [0.1, 0.15) is 12.0 Å². The predicted molar refractivity (Wildman–Crippen MR) is 41.8 cm³/mol. The summed E-state index contributed by atoms with van der Waals surface area (Å²) in [5.74, 6) is -2.17. The second kappa shape index (κ2) is 2.87. The van der Waals surface area contributed by atoms with E-state index in [0.29, 0.717) is 19.4 Å². The van der Waals surface area contributed by atoms with Crippen molar-refractivity contribution in [3.63, 3.8) is 0 Å². The van der Waals surface area contributed by atoms with E-state index < -0.39 is 17.4 Å². The molecule has 0 atom stereocenters. The molecular weight excluding hydrogens is 178 g/mol. The van der Waals surface area contributed by atoms with Gasteiger partial charge in [-0.2, -0.15) is 0 Å². The number of halogens is 2. The summed E-state index contributed by atoms with van der Waals surface area (Å²) in [6.45, 7) is 0.397. The molecule has 0 aliphatic carbocycles. The molecule has 1 aliphatic heterocycles. The van der Waals surface area contributed by atoms with Crippen molar-refractivity contribution in [1.82, 2.24) is 0 Å². The first kappa shape index (κ1) is 8.29. The summed E-state index contributed by atoms with van der Waals surface area (Å²) >= 11 is 0. The zero-order valence-corrected chi connectivity index (χ0v) is 6.81. The van der Waals surface area contributed by atoms with E-state index in [1.165, 1.54) is 0 Å². The van der Waals surface area contributed by atoms with E-state index >= 15 is 0 Å². The molecule has 1 aliphatic rings. The summed E-state index contributed by atoms with van der Waals surface area (Å²) in [5.41, 5.74) is 0.142. The van der Waals surface area contributed by atoms with E-state index in [1.807, 2.05) is 0 Å². The molecular formula is C9H8F2O2. The number of fused-ring (bicyclic) bond motifs is 1. The minimum absolute atomic E-state index is 0.0541. The fourth-order valence-corrected chi connectivity index (χ4v) is 1.45. The molecule has 0 unspecified atom stereocenters. The molecule has 13 heavy (non-hydrogen) atoms. The van der Waals surface area contributed by atoms with Crippen molar-refractivity contribution in [3.05, 3.63) is 23.3 Å². The number of benzene rings is 1. The Hall–Kier alpha value is -1.32. The molecule has 2 nitrogen and oxygen atoms in total. The summed E-state index contributed by atoms with van der Waals surface area (Å²) in [7, 11) is 0. The molecule has 1 aromatic carbocycles. The van der Waals surface area contributed by atoms with Crippen molar-refractivity contribution in [2.24, 2.45) is 0 Å². The van der Waals surface area contributed by atoms with Crippen LogP contribution in [0.15, 0.2) is 6.07 Å². The molecule has 0 bridgehead atoms. The van der Waals surface area contributed by atoms with E-state index in [1.54, 1.807) is 0 Å². The Morgan fingerprint density at radius 3 is 2.92 bits per heavy atom. The number of phenols is 1. The van der Waals surface area contributed by atoms with Crippen LogP contribution in [0, 0.1) is 11.6 Å². The normalized spacial score (nSPS) is 14.9. The van der Waals surface area contributed by atoms with Gasteiger partial charge >= 0.3 is 0 Å². The van der Waals surface area contributed by atoms with Crippen LogP contribution in [-0.2, 0) is 6.42 Å². The lowest BCUT2D eigenvalue weighted by atomic mass is 10.0. The van der Waals surface area contributed by atoms with E-state index in [9.17, 15) is 8.78 Å². The third kappa shape index (κ3) is 1.22. The van der Waals surface area contributed by atoms with Crippen LogP contribution in [0.2, 0.25) is 0 Å². The molecule has 0 radical (unpaired) electrons. The lowest BCUT2D eigenvalue weighted by molar-refractivity contribution is 0.265. The molecule has 0 saturated heterocycles. The Kier molecular flexibility index (Phi) is 1.83. The first-order valence-electron chi connectivity index (χ1n) is 4.03. The number of ether oxygens (including phenoxy) is 1. The van der Waals surface area contributed by atoms with Gasteiger partial charge in [0.05, 0.1) is 6.61 Å². The minimum Gasteiger partial charge on any atom is -0.505 e. The number of aromatic hydroxyl groups is 1. The highest BCUT2D eigenvalue weighted by molar-refractivity contribution is 5.43. The number of phenolic OH excluding ortho intramolecular Hbond substituents is 1. The van der Waals surface area contributed by atoms with Crippen molar-refractivity contribution in [1.29, 1.82) is 0 Å². The molecule has 2 rings (SSSR count). The van der Waals surface area contributed by atoms with Crippen LogP contribution < -0.4 is 4.74 Å². The Balaban J connectivity index is 2.63. The van der Waals surface area contributed by atoms with Gasteiger partial charge in [0.25, 0.3) is 0 Å². The fraction of sp³-hybridized carbons (Fsp3) is 0.333. The topological polar surface area (TPSA) is 29.5 Å². The van der Waals surface area contributed by atoms with Gasteiger partial charge in [-0.3, -0.25) is 0 Å². The average Bonchev–Trinajstić information content (AvgIpc) is 2.15. The van der Waals surface area contributed by atoms with Crippen LogP contribution >= 0.6 is 0 Å². The second-order valence-electron chi connectivity index (χ2n) is 2.95. The maximum Gasteiger partial charge on any atom is 0.171 e. The third-order valence-electron chi connectivity index (χ3n) is 2.06. The van der Waals surface area contributed by atoms with E-state index in [-0.39, 0.29) is 11.3 Å². The molecule has 70 valence electrons. The highest BCUT2D eigenvalue weighted by atomic mass is 19.1. The highest BCUT2D eigenvalue weighted by Crippen LogP contribution is 2.34. The molecule has 1 heterocycles. The molecule has 1 aromatic rings. The van der Waals surface area contributed by atoms with E-state index in [2.05, 4.69) is 0 Å². The van der Waals surface area contributed by atoms with Gasteiger partial charge < -0.3 is 9.84 Å². The molecule has 0 spiro atoms. The summed E-state index contributed by atoms with van der Waals surface area (Å²) in [5, 5.41) is 8.99. The number of hydrogen-bond acceptors (Lipinski definition) is 2. The molecule has 1 N–H and O–H groups in total. The second-order valence-corrected chi connectivity index (χ2v) is 2.95. The van der Waals surface area contributed by atoms with Crippen LogP contribution in [0.25, 0.3) is 0 Å². The van der Waals surface area contributed by atoms with Gasteiger partial charge in [0.1, 0.15) is 0 Å². The monoisotopic (exact) mass is 186 g/mol.